The minimum Gasteiger partial charge on any atom is -0.507 e. The Morgan fingerprint density at radius 3 is 1.76 bits per heavy atom. The highest BCUT2D eigenvalue weighted by Crippen LogP contribution is 2.39. The zero-order valence-electron chi connectivity index (χ0n) is 14.4. The lowest BCUT2D eigenvalue weighted by Crippen LogP contribution is -2.30. The van der Waals surface area contributed by atoms with Crippen LogP contribution in [0.2, 0.25) is 0 Å². The highest BCUT2D eigenvalue weighted by Gasteiger charge is 2.28. The molecule has 1 aromatic rings. The molecule has 0 amide bonds. The Labute approximate surface area is 128 Å². The lowest BCUT2D eigenvalue weighted by atomic mass is 9.77. The SMILES string of the molecule is CCC(N)C(=O)c1cc(C(C)(C)C)c(O)c(C(C)(C)C)c1. The van der Waals surface area contributed by atoms with E-state index in [2.05, 4.69) is 0 Å². The zero-order chi connectivity index (χ0) is 16.6. The number of aromatic hydroxyl groups is 1. The second kappa shape index (κ2) is 5.80. The summed E-state index contributed by atoms with van der Waals surface area (Å²) < 4.78 is 0. The maximum absolute atomic E-state index is 12.4. The smallest absolute Gasteiger partial charge is 0.179 e. The third kappa shape index (κ3) is 3.85. The molecule has 0 heterocycles. The third-order valence-corrected chi connectivity index (χ3v) is 3.79. The average molecular weight is 291 g/mol. The Morgan fingerprint density at radius 2 is 1.48 bits per heavy atom. The molecule has 0 aromatic heterocycles. The Bertz CT molecular complexity index is 498. The molecule has 0 aliphatic rings. The summed E-state index contributed by atoms with van der Waals surface area (Å²) in [5.41, 5.74) is 7.59. The van der Waals surface area contributed by atoms with Crippen LogP contribution in [0, 0.1) is 0 Å². The number of benzene rings is 1. The maximum Gasteiger partial charge on any atom is 0.179 e. The van der Waals surface area contributed by atoms with E-state index in [-0.39, 0.29) is 22.4 Å². The van der Waals surface area contributed by atoms with Crippen molar-refractivity contribution in [3.05, 3.63) is 28.8 Å². The summed E-state index contributed by atoms with van der Waals surface area (Å²) >= 11 is 0. The molecule has 0 radical (unpaired) electrons. The van der Waals surface area contributed by atoms with E-state index in [1.165, 1.54) is 0 Å². The summed E-state index contributed by atoms with van der Waals surface area (Å²) in [6, 6.07) is 3.10. The molecular weight excluding hydrogens is 262 g/mol. The minimum absolute atomic E-state index is 0.0616. The molecule has 0 bridgehead atoms. The fraction of sp³-hybridized carbons (Fsp3) is 0.611. The molecule has 3 nitrogen and oxygen atoms in total. The highest BCUT2D eigenvalue weighted by molar-refractivity contribution is 6.00. The Morgan fingerprint density at radius 1 is 1.10 bits per heavy atom. The van der Waals surface area contributed by atoms with Gasteiger partial charge in [0.2, 0.25) is 0 Å². The molecule has 0 aliphatic carbocycles. The molecule has 0 aliphatic heterocycles. The van der Waals surface area contributed by atoms with E-state index in [0.717, 1.165) is 11.1 Å². The Hall–Kier alpha value is -1.35. The van der Waals surface area contributed by atoms with Gasteiger partial charge < -0.3 is 10.8 Å². The molecule has 1 rings (SSSR count). The van der Waals surface area contributed by atoms with Gasteiger partial charge in [-0.3, -0.25) is 4.79 Å². The fourth-order valence-corrected chi connectivity index (χ4v) is 2.32. The number of nitrogens with two attached hydrogens (primary N) is 1. The van der Waals surface area contributed by atoms with E-state index in [1.54, 1.807) is 12.1 Å². The maximum atomic E-state index is 12.4. The number of ketones is 1. The number of phenols is 1. The molecule has 0 fully saturated rings. The van der Waals surface area contributed by atoms with Gasteiger partial charge in [0, 0.05) is 16.7 Å². The van der Waals surface area contributed by atoms with Crippen LogP contribution in [0.5, 0.6) is 5.75 Å². The topological polar surface area (TPSA) is 63.3 Å². The van der Waals surface area contributed by atoms with Gasteiger partial charge in [-0.15, -0.1) is 0 Å². The van der Waals surface area contributed by atoms with Crippen LogP contribution in [-0.2, 0) is 10.8 Å². The second-order valence-corrected chi connectivity index (χ2v) is 7.80. The first-order valence-electron chi connectivity index (χ1n) is 7.57. The molecule has 1 aromatic carbocycles. The number of hydrogen-bond donors (Lipinski definition) is 2. The largest absolute Gasteiger partial charge is 0.507 e. The summed E-state index contributed by atoms with van der Waals surface area (Å²) in [5, 5.41) is 10.6. The first-order chi connectivity index (χ1) is 9.39. The quantitative estimate of drug-likeness (QED) is 0.830. The molecule has 0 saturated heterocycles. The van der Waals surface area contributed by atoms with E-state index >= 15 is 0 Å². The molecule has 118 valence electrons. The summed E-state index contributed by atoms with van der Waals surface area (Å²) in [5.74, 6) is 0.227. The number of carbonyl (C=O) groups is 1. The van der Waals surface area contributed by atoms with Crippen LogP contribution in [0.3, 0.4) is 0 Å². The summed E-state index contributed by atoms with van der Waals surface area (Å²) in [7, 11) is 0. The molecule has 3 heteroatoms. The van der Waals surface area contributed by atoms with Crippen molar-refractivity contribution in [1.82, 2.24) is 0 Å². The van der Waals surface area contributed by atoms with Crippen LogP contribution in [0.25, 0.3) is 0 Å². The van der Waals surface area contributed by atoms with E-state index < -0.39 is 6.04 Å². The van der Waals surface area contributed by atoms with Crippen molar-refractivity contribution in [2.24, 2.45) is 5.73 Å². The van der Waals surface area contributed by atoms with Gasteiger partial charge in [0.15, 0.2) is 5.78 Å². The summed E-state index contributed by atoms with van der Waals surface area (Å²) in [4.78, 5) is 12.4. The zero-order valence-corrected chi connectivity index (χ0v) is 14.4. The Kier molecular flexibility index (Phi) is 4.89. The van der Waals surface area contributed by atoms with Crippen molar-refractivity contribution in [2.75, 3.05) is 0 Å². The normalized spacial score (nSPS) is 14.1. The van der Waals surface area contributed by atoms with Crippen LogP contribution in [0.1, 0.15) is 76.4 Å². The minimum atomic E-state index is -0.491. The highest BCUT2D eigenvalue weighted by atomic mass is 16.3. The van der Waals surface area contributed by atoms with E-state index in [9.17, 15) is 9.90 Å². The van der Waals surface area contributed by atoms with Crippen LogP contribution >= 0.6 is 0 Å². The number of Topliss-reactive ketones (excluding diaryl/α,β-unsaturated/α-hetero) is 1. The predicted molar refractivity (Wildman–Crippen MR) is 88.1 cm³/mol. The monoisotopic (exact) mass is 291 g/mol. The molecule has 0 spiro atoms. The van der Waals surface area contributed by atoms with Crippen molar-refractivity contribution in [1.29, 1.82) is 0 Å². The van der Waals surface area contributed by atoms with Crippen LogP contribution in [-0.4, -0.2) is 16.9 Å². The van der Waals surface area contributed by atoms with Crippen LogP contribution in [0.4, 0.5) is 0 Å². The molecule has 1 atom stereocenters. The van der Waals surface area contributed by atoms with E-state index in [4.69, 9.17) is 5.73 Å². The van der Waals surface area contributed by atoms with Gasteiger partial charge in [0.1, 0.15) is 5.75 Å². The standard InChI is InChI=1S/C18H29NO2/c1-8-14(19)15(20)11-9-12(17(2,3)4)16(21)13(10-11)18(5,6)7/h9-10,14,21H,8,19H2,1-7H3. The molecule has 3 N–H and O–H groups in total. The molecule has 0 saturated carbocycles. The van der Waals surface area contributed by atoms with Crippen molar-refractivity contribution >= 4 is 5.78 Å². The predicted octanol–water partition coefficient (Wildman–Crippen LogP) is 3.91. The van der Waals surface area contributed by atoms with Gasteiger partial charge >= 0.3 is 0 Å². The number of phenolic OH excluding ortho intramolecular Hbond substituents is 1. The number of carbonyl (C=O) groups excluding carboxylic acids is 1. The van der Waals surface area contributed by atoms with Gasteiger partial charge in [-0.2, -0.15) is 0 Å². The van der Waals surface area contributed by atoms with Crippen LogP contribution < -0.4 is 5.73 Å². The van der Waals surface area contributed by atoms with Crippen molar-refractivity contribution in [3.63, 3.8) is 0 Å². The molecule has 21 heavy (non-hydrogen) atoms. The number of hydrogen-bond acceptors (Lipinski definition) is 3. The number of rotatable bonds is 3. The summed E-state index contributed by atoms with van der Waals surface area (Å²) in [6.45, 7) is 14.1. The van der Waals surface area contributed by atoms with Crippen molar-refractivity contribution in [3.8, 4) is 5.75 Å². The first kappa shape index (κ1) is 17.7. The van der Waals surface area contributed by atoms with Crippen molar-refractivity contribution in [2.45, 2.75) is 71.8 Å². The lowest BCUT2D eigenvalue weighted by Gasteiger charge is -2.28. The lowest BCUT2D eigenvalue weighted by molar-refractivity contribution is 0.0959. The fourth-order valence-electron chi connectivity index (χ4n) is 2.32. The van der Waals surface area contributed by atoms with Gasteiger partial charge in [-0.05, 0) is 29.4 Å². The van der Waals surface area contributed by atoms with Gasteiger partial charge in [-0.1, -0.05) is 48.5 Å². The average Bonchev–Trinajstić information content (AvgIpc) is 2.34. The summed E-state index contributed by atoms with van der Waals surface area (Å²) in [6.07, 6.45) is 0.607. The first-order valence-corrected chi connectivity index (χ1v) is 7.57. The second-order valence-electron chi connectivity index (χ2n) is 7.80. The van der Waals surface area contributed by atoms with Gasteiger partial charge in [0.05, 0.1) is 6.04 Å². The van der Waals surface area contributed by atoms with Gasteiger partial charge in [-0.25, -0.2) is 0 Å². The van der Waals surface area contributed by atoms with E-state index in [1.807, 2.05) is 48.5 Å². The third-order valence-electron chi connectivity index (χ3n) is 3.79. The van der Waals surface area contributed by atoms with Gasteiger partial charge in [0.25, 0.3) is 0 Å². The van der Waals surface area contributed by atoms with E-state index in [0.29, 0.717) is 12.0 Å². The van der Waals surface area contributed by atoms with Crippen molar-refractivity contribution < 1.29 is 9.90 Å². The van der Waals surface area contributed by atoms with Crippen LogP contribution in [0.15, 0.2) is 12.1 Å². The molecule has 1 unspecified atom stereocenters. The molecular formula is C18H29NO2. The Balaban J connectivity index is 3.59.